The summed E-state index contributed by atoms with van der Waals surface area (Å²) in [4.78, 5) is 27.6. The molecule has 1 heterocycles. The minimum atomic E-state index is -0.593. The van der Waals surface area contributed by atoms with Crippen molar-refractivity contribution in [3.05, 3.63) is 29.6 Å². The number of pyridine rings is 1. The molecule has 0 saturated heterocycles. The summed E-state index contributed by atoms with van der Waals surface area (Å²) >= 11 is 0. The molecule has 0 aliphatic rings. The number of hydrogen-bond acceptors (Lipinski definition) is 4. The van der Waals surface area contributed by atoms with E-state index in [-0.39, 0.29) is 24.4 Å². The minimum Gasteiger partial charge on any atom is -0.352 e. The van der Waals surface area contributed by atoms with E-state index >= 15 is 0 Å². The van der Waals surface area contributed by atoms with Gasteiger partial charge < -0.3 is 16.4 Å². The molecule has 6 nitrogen and oxygen atoms in total. The Morgan fingerprint density at radius 1 is 1.32 bits per heavy atom. The van der Waals surface area contributed by atoms with Crippen molar-refractivity contribution in [3.63, 3.8) is 0 Å². The van der Waals surface area contributed by atoms with Crippen LogP contribution in [-0.2, 0) is 11.3 Å². The lowest BCUT2D eigenvalue weighted by Gasteiger charge is -2.16. The molecule has 0 aliphatic heterocycles. The largest absolute Gasteiger partial charge is 0.352 e. The molecule has 0 saturated carbocycles. The normalized spacial score (nSPS) is 12.1. The van der Waals surface area contributed by atoms with Gasteiger partial charge in [0, 0.05) is 24.3 Å². The maximum atomic E-state index is 12.0. The van der Waals surface area contributed by atoms with Gasteiger partial charge in [0.1, 0.15) is 6.04 Å². The standard InChI is InChI=1S/C13H20N4O2/c1-8(2)16-12(18)9(3)17-13(19)10-4-5-15-11(6-10)7-14/h4-6,8-9H,7,14H2,1-3H3,(H,16,18)(H,17,19). The third-order valence-electron chi connectivity index (χ3n) is 2.46. The first kappa shape index (κ1) is 15.1. The van der Waals surface area contributed by atoms with E-state index in [1.807, 2.05) is 13.8 Å². The van der Waals surface area contributed by atoms with Gasteiger partial charge in [0.15, 0.2) is 0 Å². The summed E-state index contributed by atoms with van der Waals surface area (Å²) in [5, 5.41) is 5.37. The number of rotatable bonds is 5. The molecule has 0 fully saturated rings. The Morgan fingerprint density at radius 3 is 2.58 bits per heavy atom. The summed E-state index contributed by atoms with van der Waals surface area (Å²) in [6.45, 7) is 5.64. The highest BCUT2D eigenvalue weighted by Gasteiger charge is 2.17. The molecule has 2 amide bonds. The topological polar surface area (TPSA) is 97.1 Å². The molecule has 0 spiro atoms. The van der Waals surface area contributed by atoms with E-state index in [4.69, 9.17) is 5.73 Å². The minimum absolute atomic E-state index is 0.0385. The molecule has 104 valence electrons. The first-order chi connectivity index (χ1) is 8.93. The van der Waals surface area contributed by atoms with Gasteiger partial charge in [-0.25, -0.2) is 0 Å². The number of amides is 2. The van der Waals surface area contributed by atoms with Gasteiger partial charge in [-0.2, -0.15) is 0 Å². The van der Waals surface area contributed by atoms with Gasteiger partial charge in [-0.1, -0.05) is 0 Å². The molecular formula is C13H20N4O2. The highest BCUT2D eigenvalue weighted by atomic mass is 16.2. The SMILES string of the molecule is CC(C)NC(=O)C(C)NC(=O)c1ccnc(CN)c1. The van der Waals surface area contributed by atoms with Crippen LogP contribution in [0, 0.1) is 0 Å². The fourth-order valence-electron chi connectivity index (χ4n) is 1.49. The molecule has 0 radical (unpaired) electrons. The van der Waals surface area contributed by atoms with E-state index in [1.54, 1.807) is 19.1 Å². The number of carbonyl (C=O) groups is 2. The second-order valence-corrected chi connectivity index (χ2v) is 4.60. The maximum absolute atomic E-state index is 12.0. The third-order valence-corrected chi connectivity index (χ3v) is 2.46. The second-order valence-electron chi connectivity index (χ2n) is 4.60. The average molecular weight is 264 g/mol. The Kier molecular flexibility index (Phi) is 5.44. The lowest BCUT2D eigenvalue weighted by Crippen LogP contribution is -2.46. The number of nitrogens with two attached hydrogens (primary N) is 1. The van der Waals surface area contributed by atoms with Crippen LogP contribution in [0.2, 0.25) is 0 Å². The van der Waals surface area contributed by atoms with Crippen molar-refractivity contribution in [1.82, 2.24) is 15.6 Å². The molecule has 0 bridgehead atoms. The van der Waals surface area contributed by atoms with E-state index in [9.17, 15) is 9.59 Å². The lowest BCUT2D eigenvalue weighted by atomic mass is 10.2. The van der Waals surface area contributed by atoms with Crippen LogP contribution in [0.25, 0.3) is 0 Å². The van der Waals surface area contributed by atoms with Gasteiger partial charge in [-0.15, -0.1) is 0 Å². The summed E-state index contributed by atoms with van der Waals surface area (Å²) in [5.41, 5.74) is 6.54. The molecule has 1 atom stereocenters. The van der Waals surface area contributed by atoms with Crippen LogP contribution < -0.4 is 16.4 Å². The summed E-state index contributed by atoms with van der Waals surface area (Å²) < 4.78 is 0. The van der Waals surface area contributed by atoms with Crippen molar-refractivity contribution in [1.29, 1.82) is 0 Å². The molecule has 1 unspecified atom stereocenters. The van der Waals surface area contributed by atoms with Gasteiger partial charge in [-0.05, 0) is 32.9 Å². The van der Waals surface area contributed by atoms with Gasteiger partial charge >= 0.3 is 0 Å². The number of nitrogens with one attached hydrogen (secondary N) is 2. The van der Waals surface area contributed by atoms with E-state index in [1.165, 1.54) is 6.20 Å². The zero-order chi connectivity index (χ0) is 14.4. The monoisotopic (exact) mass is 264 g/mol. The first-order valence-electron chi connectivity index (χ1n) is 6.20. The molecule has 1 aromatic heterocycles. The van der Waals surface area contributed by atoms with Crippen molar-refractivity contribution in [2.45, 2.75) is 39.4 Å². The molecule has 1 aromatic rings. The zero-order valence-electron chi connectivity index (χ0n) is 11.4. The predicted molar refractivity (Wildman–Crippen MR) is 72.3 cm³/mol. The van der Waals surface area contributed by atoms with Gasteiger partial charge in [0.05, 0.1) is 5.69 Å². The van der Waals surface area contributed by atoms with E-state index in [0.717, 1.165) is 0 Å². The van der Waals surface area contributed by atoms with Crippen molar-refractivity contribution >= 4 is 11.8 Å². The van der Waals surface area contributed by atoms with Gasteiger partial charge in [0.2, 0.25) is 5.91 Å². The van der Waals surface area contributed by atoms with Crippen LogP contribution in [0.15, 0.2) is 18.3 Å². The van der Waals surface area contributed by atoms with Crippen molar-refractivity contribution in [2.75, 3.05) is 0 Å². The van der Waals surface area contributed by atoms with Crippen LogP contribution in [0.5, 0.6) is 0 Å². The average Bonchev–Trinajstić information content (AvgIpc) is 2.37. The van der Waals surface area contributed by atoms with E-state index in [2.05, 4.69) is 15.6 Å². The summed E-state index contributed by atoms with van der Waals surface area (Å²) in [7, 11) is 0. The van der Waals surface area contributed by atoms with Crippen LogP contribution in [0.4, 0.5) is 0 Å². The highest BCUT2D eigenvalue weighted by molar-refractivity contribution is 5.97. The van der Waals surface area contributed by atoms with Crippen LogP contribution in [-0.4, -0.2) is 28.9 Å². The molecule has 1 rings (SSSR count). The Bertz CT molecular complexity index is 460. The Balaban J connectivity index is 2.65. The highest BCUT2D eigenvalue weighted by Crippen LogP contribution is 2.02. The second kappa shape index (κ2) is 6.84. The Morgan fingerprint density at radius 2 is 2.00 bits per heavy atom. The fourth-order valence-corrected chi connectivity index (χ4v) is 1.49. The zero-order valence-corrected chi connectivity index (χ0v) is 11.4. The number of nitrogens with zero attached hydrogens (tertiary/aromatic N) is 1. The smallest absolute Gasteiger partial charge is 0.252 e. The molecule has 0 aliphatic carbocycles. The number of hydrogen-bond donors (Lipinski definition) is 3. The fraction of sp³-hybridized carbons (Fsp3) is 0.462. The molecule has 4 N–H and O–H groups in total. The van der Waals surface area contributed by atoms with Gasteiger partial charge in [-0.3, -0.25) is 14.6 Å². The summed E-state index contributed by atoms with van der Waals surface area (Å²) in [6, 6.07) is 2.64. The predicted octanol–water partition coefficient (Wildman–Crippen LogP) is 0.183. The molecule has 19 heavy (non-hydrogen) atoms. The first-order valence-corrected chi connectivity index (χ1v) is 6.20. The number of aromatic nitrogens is 1. The Hall–Kier alpha value is -1.95. The summed E-state index contributed by atoms with van der Waals surface area (Å²) in [6.07, 6.45) is 1.52. The lowest BCUT2D eigenvalue weighted by molar-refractivity contribution is -0.123. The Labute approximate surface area is 112 Å². The third kappa shape index (κ3) is 4.67. The van der Waals surface area contributed by atoms with Crippen molar-refractivity contribution in [3.8, 4) is 0 Å². The molecule has 0 aromatic carbocycles. The van der Waals surface area contributed by atoms with E-state index < -0.39 is 6.04 Å². The van der Waals surface area contributed by atoms with E-state index in [0.29, 0.717) is 11.3 Å². The van der Waals surface area contributed by atoms with Crippen molar-refractivity contribution in [2.24, 2.45) is 5.73 Å². The van der Waals surface area contributed by atoms with Gasteiger partial charge in [0.25, 0.3) is 5.91 Å². The molecule has 6 heteroatoms. The van der Waals surface area contributed by atoms with Crippen LogP contribution in [0.3, 0.4) is 0 Å². The number of carbonyl (C=O) groups excluding carboxylic acids is 2. The van der Waals surface area contributed by atoms with Crippen molar-refractivity contribution < 1.29 is 9.59 Å². The van der Waals surface area contributed by atoms with Crippen LogP contribution >= 0.6 is 0 Å². The quantitative estimate of drug-likeness (QED) is 0.707. The maximum Gasteiger partial charge on any atom is 0.252 e. The summed E-state index contributed by atoms with van der Waals surface area (Å²) in [5.74, 6) is -0.528. The van der Waals surface area contributed by atoms with Crippen LogP contribution in [0.1, 0.15) is 36.8 Å². The molecular weight excluding hydrogens is 244 g/mol.